The SMILES string of the molecule is CSCC[C@H](NC(=O)[C@H]1Cc2ccccc2CN1C(=O)[C@@H](NCC(CS)NC(C)=O)C(C)C)C(=O)O. The Hall–Kier alpha value is -2.24. The molecule has 1 aromatic rings. The van der Waals surface area contributed by atoms with Gasteiger partial charge in [-0.15, -0.1) is 0 Å². The lowest BCUT2D eigenvalue weighted by molar-refractivity contribution is -0.146. The molecule has 1 aromatic carbocycles. The summed E-state index contributed by atoms with van der Waals surface area (Å²) in [6.07, 6.45) is 2.48. The Bertz CT molecular complexity index is 929. The highest BCUT2D eigenvalue weighted by Gasteiger charge is 2.39. The lowest BCUT2D eigenvalue weighted by Gasteiger charge is -2.39. The summed E-state index contributed by atoms with van der Waals surface area (Å²) >= 11 is 5.80. The Kier molecular flexibility index (Phi) is 12.1. The second-order valence-corrected chi connectivity index (χ2v) is 10.7. The van der Waals surface area contributed by atoms with Crippen molar-refractivity contribution in [2.75, 3.05) is 24.3 Å². The third kappa shape index (κ3) is 8.41. The van der Waals surface area contributed by atoms with Crippen LogP contribution >= 0.6 is 24.4 Å². The van der Waals surface area contributed by atoms with Gasteiger partial charge in [-0.2, -0.15) is 24.4 Å². The molecule has 200 valence electrons. The minimum absolute atomic E-state index is 0.0929. The van der Waals surface area contributed by atoms with E-state index in [1.165, 1.54) is 18.7 Å². The average molecular weight is 539 g/mol. The van der Waals surface area contributed by atoms with E-state index >= 15 is 0 Å². The quantitative estimate of drug-likeness (QED) is 0.240. The van der Waals surface area contributed by atoms with Crippen LogP contribution in [0.2, 0.25) is 0 Å². The van der Waals surface area contributed by atoms with Crippen LogP contribution < -0.4 is 16.0 Å². The molecule has 4 atom stereocenters. The van der Waals surface area contributed by atoms with E-state index in [4.69, 9.17) is 0 Å². The highest BCUT2D eigenvalue weighted by molar-refractivity contribution is 7.98. The number of carbonyl (C=O) groups is 4. The normalized spacial score (nSPS) is 17.6. The Morgan fingerprint density at radius 1 is 1.17 bits per heavy atom. The topological polar surface area (TPSA) is 128 Å². The van der Waals surface area contributed by atoms with Gasteiger partial charge in [0.05, 0.1) is 12.1 Å². The largest absolute Gasteiger partial charge is 0.480 e. The number of nitrogens with one attached hydrogen (secondary N) is 3. The molecule has 0 aliphatic carbocycles. The molecule has 2 rings (SSSR count). The van der Waals surface area contributed by atoms with Crippen molar-refractivity contribution in [3.8, 4) is 0 Å². The van der Waals surface area contributed by atoms with E-state index in [1.807, 2.05) is 44.4 Å². The zero-order valence-electron chi connectivity index (χ0n) is 21.3. The number of carboxylic acid groups (broad SMARTS) is 1. The van der Waals surface area contributed by atoms with Gasteiger partial charge in [0, 0.05) is 32.2 Å². The van der Waals surface area contributed by atoms with E-state index in [-0.39, 0.29) is 30.3 Å². The Morgan fingerprint density at radius 2 is 1.83 bits per heavy atom. The van der Waals surface area contributed by atoms with E-state index in [0.29, 0.717) is 30.9 Å². The second kappa shape index (κ2) is 14.5. The number of nitrogens with zero attached hydrogens (tertiary/aromatic N) is 1. The number of carboxylic acids is 1. The van der Waals surface area contributed by atoms with Gasteiger partial charge in [0.2, 0.25) is 17.7 Å². The van der Waals surface area contributed by atoms with Crippen molar-refractivity contribution in [2.45, 2.75) is 64.3 Å². The molecule has 11 heteroatoms. The Labute approximate surface area is 222 Å². The van der Waals surface area contributed by atoms with E-state index < -0.39 is 30.0 Å². The third-order valence-electron chi connectivity index (χ3n) is 6.20. The van der Waals surface area contributed by atoms with Gasteiger partial charge in [0.15, 0.2) is 0 Å². The van der Waals surface area contributed by atoms with Crippen molar-refractivity contribution < 1.29 is 24.3 Å². The first-order valence-corrected chi connectivity index (χ1v) is 14.1. The zero-order valence-corrected chi connectivity index (χ0v) is 23.0. The molecule has 36 heavy (non-hydrogen) atoms. The lowest BCUT2D eigenvalue weighted by Crippen LogP contribution is -2.60. The van der Waals surface area contributed by atoms with Gasteiger partial charge < -0.3 is 26.0 Å². The van der Waals surface area contributed by atoms with Gasteiger partial charge in [-0.3, -0.25) is 14.4 Å². The fourth-order valence-electron chi connectivity index (χ4n) is 4.25. The number of benzene rings is 1. The van der Waals surface area contributed by atoms with Crippen molar-refractivity contribution in [1.82, 2.24) is 20.9 Å². The number of carbonyl (C=O) groups excluding carboxylic acids is 3. The van der Waals surface area contributed by atoms with Crippen molar-refractivity contribution >= 4 is 48.1 Å². The van der Waals surface area contributed by atoms with Crippen molar-refractivity contribution in [1.29, 1.82) is 0 Å². The van der Waals surface area contributed by atoms with Gasteiger partial charge >= 0.3 is 5.97 Å². The van der Waals surface area contributed by atoms with Crippen LogP contribution in [0.25, 0.3) is 0 Å². The monoisotopic (exact) mass is 538 g/mol. The van der Waals surface area contributed by atoms with Crippen LogP contribution in [0, 0.1) is 5.92 Å². The number of hydrogen-bond donors (Lipinski definition) is 5. The number of rotatable bonds is 13. The molecule has 0 bridgehead atoms. The lowest BCUT2D eigenvalue weighted by atomic mass is 9.91. The second-order valence-electron chi connectivity index (χ2n) is 9.35. The fraction of sp³-hybridized carbons (Fsp3) is 0.600. The molecule has 1 unspecified atom stereocenters. The molecule has 3 amide bonds. The molecule has 1 heterocycles. The Morgan fingerprint density at radius 3 is 2.39 bits per heavy atom. The van der Waals surface area contributed by atoms with Crippen molar-refractivity contribution in [2.24, 2.45) is 5.92 Å². The maximum atomic E-state index is 13.8. The van der Waals surface area contributed by atoms with E-state index in [1.54, 1.807) is 4.90 Å². The van der Waals surface area contributed by atoms with Crippen LogP contribution in [-0.2, 0) is 32.1 Å². The number of amides is 3. The van der Waals surface area contributed by atoms with Crippen LogP contribution in [-0.4, -0.2) is 82.2 Å². The van der Waals surface area contributed by atoms with Gasteiger partial charge in [-0.1, -0.05) is 38.1 Å². The molecule has 0 radical (unpaired) electrons. The summed E-state index contributed by atoms with van der Waals surface area (Å²) < 4.78 is 0. The first-order valence-electron chi connectivity index (χ1n) is 12.1. The number of thioether (sulfide) groups is 1. The third-order valence-corrected chi connectivity index (χ3v) is 7.29. The van der Waals surface area contributed by atoms with Crippen LogP contribution in [0.15, 0.2) is 24.3 Å². The first-order chi connectivity index (χ1) is 17.1. The molecule has 0 aromatic heterocycles. The molecule has 9 nitrogen and oxygen atoms in total. The van der Waals surface area contributed by atoms with Gasteiger partial charge in [0.1, 0.15) is 12.1 Å². The predicted molar refractivity (Wildman–Crippen MR) is 145 cm³/mol. The number of aliphatic carboxylic acids is 1. The molecule has 0 fully saturated rings. The molecule has 1 aliphatic heterocycles. The molecule has 4 N–H and O–H groups in total. The van der Waals surface area contributed by atoms with Crippen LogP contribution in [0.3, 0.4) is 0 Å². The summed E-state index contributed by atoms with van der Waals surface area (Å²) in [5.74, 6) is -1.08. The van der Waals surface area contributed by atoms with Crippen molar-refractivity contribution in [3.63, 3.8) is 0 Å². The molecule has 1 aliphatic rings. The summed E-state index contributed by atoms with van der Waals surface area (Å²) in [4.78, 5) is 52.0. The summed E-state index contributed by atoms with van der Waals surface area (Å²) in [5, 5.41) is 18.3. The van der Waals surface area contributed by atoms with Crippen LogP contribution in [0.4, 0.5) is 0 Å². The highest BCUT2D eigenvalue weighted by Crippen LogP contribution is 2.25. The summed E-state index contributed by atoms with van der Waals surface area (Å²) in [7, 11) is 0. The van der Waals surface area contributed by atoms with E-state index in [9.17, 15) is 24.3 Å². The van der Waals surface area contributed by atoms with E-state index in [2.05, 4.69) is 28.6 Å². The van der Waals surface area contributed by atoms with Gasteiger partial charge in [-0.05, 0) is 35.5 Å². The molecular weight excluding hydrogens is 500 g/mol. The summed E-state index contributed by atoms with van der Waals surface area (Å²) in [6, 6.07) is 4.95. The molecule has 0 spiro atoms. The molecular formula is C25H38N4O5S2. The van der Waals surface area contributed by atoms with Crippen molar-refractivity contribution in [3.05, 3.63) is 35.4 Å². The summed E-state index contributed by atoms with van der Waals surface area (Å²) in [6.45, 7) is 5.86. The zero-order chi connectivity index (χ0) is 26.8. The molecule has 0 saturated carbocycles. The minimum Gasteiger partial charge on any atom is -0.480 e. The van der Waals surface area contributed by atoms with Crippen LogP contribution in [0.5, 0.6) is 0 Å². The average Bonchev–Trinajstić information content (AvgIpc) is 2.84. The maximum absolute atomic E-state index is 13.8. The Balaban J connectivity index is 2.29. The minimum atomic E-state index is -1.09. The van der Waals surface area contributed by atoms with Gasteiger partial charge in [-0.25, -0.2) is 4.79 Å². The number of thiol groups is 1. The standard InChI is InChI=1S/C25H38N4O5S2/c1-15(2)22(26-12-19(14-35)27-16(3)30)24(32)29-13-18-8-6-5-7-17(18)11-21(29)23(31)28-20(25(33)34)9-10-36-4/h5-8,15,19-22,26,35H,9-14H2,1-4H3,(H,27,30)(H,28,31)(H,33,34)/t19?,20-,21+,22-/m0/s1. The first kappa shape index (κ1) is 30.0. The highest BCUT2D eigenvalue weighted by atomic mass is 32.2. The number of fused-ring (bicyclic) bond motifs is 1. The molecule has 0 saturated heterocycles. The maximum Gasteiger partial charge on any atom is 0.326 e. The van der Waals surface area contributed by atoms with E-state index in [0.717, 1.165) is 11.1 Å². The van der Waals surface area contributed by atoms with Gasteiger partial charge in [0.25, 0.3) is 0 Å². The summed E-state index contributed by atoms with van der Waals surface area (Å²) in [5.41, 5.74) is 1.92. The fourth-order valence-corrected chi connectivity index (χ4v) is 4.95. The smallest absolute Gasteiger partial charge is 0.326 e. The number of hydrogen-bond acceptors (Lipinski definition) is 7. The van der Waals surface area contributed by atoms with Crippen LogP contribution in [0.1, 0.15) is 38.3 Å². The predicted octanol–water partition coefficient (Wildman–Crippen LogP) is 1.31.